The van der Waals surface area contributed by atoms with Crippen LogP contribution in [0.25, 0.3) is 0 Å². The van der Waals surface area contributed by atoms with Gasteiger partial charge >= 0.3 is 6.18 Å². The fraction of sp³-hybridized carbons (Fsp3) is 0.529. The molecule has 0 aliphatic carbocycles. The molecule has 2 atom stereocenters. The fourth-order valence-corrected chi connectivity index (χ4v) is 3.51. The van der Waals surface area contributed by atoms with E-state index in [1.165, 1.54) is 5.01 Å². The van der Waals surface area contributed by atoms with Crippen molar-refractivity contribution < 1.29 is 13.2 Å². The molecule has 0 amide bonds. The molecule has 2 aliphatic heterocycles. The highest BCUT2D eigenvalue weighted by molar-refractivity contribution is 5.99. The van der Waals surface area contributed by atoms with Gasteiger partial charge in [-0.25, -0.2) is 0 Å². The molecule has 0 radical (unpaired) electrons. The Balaban J connectivity index is 1.92. The molecule has 2 heterocycles. The van der Waals surface area contributed by atoms with Crippen LogP contribution < -0.4 is 5.01 Å². The lowest BCUT2D eigenvalue weighted by molar-refractivity contribution is -0.0626. The first-order chi connectivity index (χ1) is 11.4. The number of hydrogen-bond acceptors (Lipinski definition) is 3. The molecule has 0 spiro atoms. The Morgan fingerprint density at radius 3 is 2.50 bits per heavy atom. The van der Waals surface area contributed by atoms with Crippen LogP contribution in [0.3, 0.4) is 0 Å². The quantitative estimate of drug-likeness (QED) is 0.892. The van der Waals surface area contributed by atoms with Crippen LogP contribution in [0.15, 0.2) is 35.4 Å². The Morgan fingerprint density at radius 1 is 1.12 bits per heavy atom. The maximum absolute atomic E-state index is 13.5. The number of alkyl halides is 3. The Morgan fingerprint density at radius 2 is 1.83 bits per heavy atom. The van der Waals surface area contributed by atoms with Crippen LogP contribution in [0.2, 0.25) is 0 Å². The molecule has 130 valence electrons. The summed E-state index contributed by atoms with van der Waals surface area (Å²) in [6.07, 6.45) is -2.13. The van der Waals surface area contributed by atoms with E-state index >= 15 is 0 Å². The second-order valence-electron chi connectivity index (χ2n) is 6.42. The minimum atomic E-state index is -4.47. The third-order valence-corrected chi connectivity index (χ3v) is 4.80. The average molecular weight is 338 g/mol. The largest absolute Gasteiger partial charge is 0.431 e. The number of benzene rings is 1. The zero-order valence-corrected chi connectivity index (χ0v) is 13.6. The summed E-state index contributed by atoms with van der Waals surface area (Å²) in [4.78, 5) is 1.77. The molecule has 2 aliphatic rings. The lowest BCUT2D eigenvalue weighted by Crippen LogP contribution is -2.42. The van der Waals surface area contributed by atoms with Crippen LogP contribution in [0.1, 0.15) is 19.3 Å². The van der Waals surface area contributed by atoms with E-state index in [1.54, 1.807) is 36.2 Å². The van der Waals surface area contributed by atoms with E-state index in [4.69, 9.17) is 5.41 Å². The first-order valence-electron chi connectivity index (χ1n) is 8.16. The first kappa shape index (κ1) is 16.8. The van der Waals surface area contributed by atoms with Gasteiger partial charge in [-0.15, -0.1) is 0 Å². The standard InChI is InChI=1S/C17H21F3N4/c1-23-10-6-5-9-13(16(23)21)14-11-24(12-7-3-2-4-8-12)22-15(14)17(18,19)20/h2-4,7-8,13-14,21H,5-6,9-11H2,1H3. The van der Waals surface area contributed by atoms with Crippen molar-refractivity contribution in [3.05, 3.63) is 30.3 Å². The summed E-state index contributed by atoms with van der Waals surface area (Å²) in [5, 5.41) is 13.6. The Kier molecular flexibility index (Phi) is 4.51. The highest BCUT2D eigenvalue weighted by Gasteiger charge is 2.49. The first-order valence-corrected chi connectivity index (χ1v) is 8.16. The molecule has 3 rings (SSSR count). The molecule has 24 heavy (non-hydrogen) atoms. The maximum atomic E-state index is 13.5. The molecular formula is C17H21F3N4. The summed E-state index contributed by atoms with van der Waals surface area (Å²) < 4.78 is 40.6. The molecule has 1 N–H and O–H groups in total. The van der Waals surface area contributed by atoms with Gasteiger partial charge in [0.05, 0.1) is 18.1 Å². The summed E-state index contributed by atoms with van der Waals surface area (Å²) in [5.41, 5.74) is -0.105. The molecule has 0 saturated carbocycles. The Labute approximate surface area is 139 Å². The van der Waals surface area contributed by atoms with Gasteiger partial charge in [-0.2, -0.15) is 18.3 Å². The number of nitrogens with one attached hydrogen (secondary N) is 1. The van der Waals surface area contributed by atoms with Crippen molar-refractivity contribution in [3.63, 3.8) is 0 Å². The predicted molar refractivity (Wildman–Crippen MR) is 88.5 cm³/mol. The fourth-order valence-electron chi connectivity index (χ4n) is 3.51. The van der Waals surface area contributed by atoms with Crippen molar-refractivity contribution in [1.29, 1.82) is 5.41 Å². The zero-order valence-electron chi connectivity index (χ0n) is 13.6. The van der Waals surface area contributed by atoms with Crippen molar-refractivity contribution in [2.24, 2.45) is 16.9 Å². The van der Waals surface area contributed by atoms with Crippen molar-refractivity contribution in [3.8, 4) is 0 Å². The summed E-state index contributed by atoms with van der Waals surface area (Å²) in [5.74, 6) is -0.936. The Hall–Kier alpha value is -2.05. The topological polar surface area (TPSA) is 42.7 Å². The number of hydrogen-bond donors (Lipinski definition) is 1. The number of para-hydroxylation sites is 1. The molecule has 4 nitrogen and oxygen atoms in total. The van der Waals surface area contributed by atoms with Crippen LogP contribution >= 0.6 is 0 Å². The average Bonchev–Trinajstić information content (AvgIpc) is 2.93. The van der Waals surface area contributed by atoms with Crippen molar-refractivity contribution in [2.45, 2.75) is 25.4 Å². The van der Waals surface area contributed by atoms with Crippen LogP contribution in [-0.4, -0.2) is 42.8 Å². The van der Waals surface area contributed by atoms with Gasteiger partial charge in [0.25, 0.3) is 0 Å². The van der Waals surface area contributed by atoms with Crippen LogP contribution in [0.4, 0.5) is 18.9 Å². The normalized spacial score (nSPS) is 25.7. The lowest BCUT2D eigenvalue weighted by atomic mass is 9.84. The molecule has 1 saturated heterocycles. The smallest absolute Gasteiger partial charge is 0.363 e. The summed E-state index contributed by atoms with van der Waals surface area (Å²) in [7, 11) is 1.79. The second kappa shape index (κ2) is 6.45. The van der Waals surface area contributed by atoms with Crippen molar-refractivity contribution >= 4 is 17.2 Å². The SMILES string of the molecule is CN1CCCCC(C2CN(c3ccccc3)N=C2C(F)(F)F)C1=N. The van der Waals surface area contributed by atoms with Gasteiger partial charge < -0.3 is 4.90 Å². The lowest BCUT2D eigenvalue weighted by Gasteiger charge is -2.28. The van der Waals surface area contributed by atoms with Gasteiger partial charge in [0.1, 0.15) is 5.71 Å². The zero-order chi connectivity index (χ0) is 17.3. The molecule has 1 aromatic carbocycles. The van der Waals surface area contributed by atoms with Crippen molar-refractivity contribution in [2.75, 3.05) is 25.1 Å². The van der Waals surface area contributed by atoms with E-state index in [0.29, 0.717) is 17.9 Å². The molecule has 1 aromatic rings. The Bertz CT molecular complexity index is 626. The number of halogens is 3. The van der Waals surface area contributed by atoms with Crippen LogP contribution in [0.5, 0.6) is 0 Å². The van der Waals surface area contributed by atoms with Crippen LogP contribution in [-0.2, 0) is 0 Å². The predicted octanol–water partition coefficient (Wildman–Crippen LogP) is 3.75. The molecular weight excluding hydrogens is 317 g/mol. The van der Waals surface area contributed by atoms with E-state index in [0.717, 1.165) is 19.4 Å². The van der Waals surface area contributed by atoms with Crippen molar-refractivity contribution in [1.82, 2.24) is 4.90 Å². The van der Waals surface area contributed by atoms with Gasteiger partial charge in [0.15, 0.2) is 0 Å². The third-order valence-electron chi connectivity index (χ3n) is 4.80. The number of anilines is 1. The third kappa shape index (κ3) is 3.25. The van der Waals surface area contributed by atoms with E-state index in [9.17, 15) is 13.2 Å². The number of rotatable bonds is 2. The van der Waals surface area contributed by atoms with Crippen LogP contribution in [0, 0.1) is 17.2 Å². The highest BCUT2D eigenvalue weighted by atomic mass is 19.4. The van der Waals surface area contributed by atoms with E-state index < -0.39 is 23.7 Å². The maximum Gasteiger partial charge on any atom is 0.431 e. The van der Waals surface area contributed by atoms with Gasteiger partial charge in [-0.1, -0.05) is 24.6 Å². The minimum Gasteiger partial charge on any atom is -0.363 e. The number of hydrazone groups is 1. The number of amidine groups is 1. The molecule has 1 fully saturated rings. The summed E-state index contributed by atoms with van der Waals surface area (Å²) >= 11 is 0. The highest BCUT2D eigenvalue weighted by Crippen LogP contribution is 2.37. The van der Waals surface area contributed by atoms with E-state index in [1.807, 2.05) is 6.07 Å². The second-order valence-corrected chi connectivity index (χ2v) is 6.42. The van der Waals surface area contributed by atoms with Gasteiger partial charge in [0.2, 0.25) is 0 Å². The number of likely N-dealkylation sites (tertiary alicyclic amines) is 1. The summed E-state index contributed by atoms with van der Waals surface area (Å²) in [6.45, 7) is 0.892. The molecule has 2 unspecified atom stereocenters. The monoisotopic (exact) mass is 338 g/mol. The number of nitrogens with zero attached hydrogens (tertiary/aromatic N) is 3. The summed E-state index contributed by atoms with van der Waals surface area (Å²) in [6, 6.07) is 8.90. The molecule has 0 bridgehead atoms. The van der Waals surface area contributed by atoms with Gasteiger partial charge in [-0.05, 0) is 25.0 Å². The molecule has 0 aromatic heterocycles. The minimum absolute atomic E-state index is 0.166. The molecule has 7 heteroatoms. The van der Waals surface area contributed by atoms with Gasteiger partial charge in [-0.3, -0.25) is 10.4 Å². The van der Waals surface area contributed by atoms with E-state index in [2.05, 4.69) is 5.10 Å². The van der Waals surface area contributed by atoms with Gasteiger partial charge in [0, 0.05) is 25.4 Å². The van der Waals surface area contributed by atoms with E-state index in [-0.39, 0.29) is 6.54 Å².